The van der Waals surface area contributed by atoms with E-state index in [0.717, 1.165) is 18.2 Å². The maximum absolute atomic E-state index is 13.3. The highest BCUT2D eigenvalue weighted by Gasteiger charge is 2.34. The van der Waals surface area contributed by atoms with Gasteiger partial charge >= 0.3 is 6.18 Å². The van der Waals surface area contributed by atoms with Crippen molar-refractivity contribution in [3.05, 3.63) is 64.7 Å². The number of alkyl halides is 3. The van der Waals surface area contributed by atoms with Gasteiger partial charge in [-0.25, -0.2) is 0 Å². The van der Waals surface area contributed by atoms with Gasteiger partial charge in [0.25, 0.3) is 0 Å². The van der Waals surface area contributed by atoms with Gasteiger partial charge in [0.15, 0.2) is 0 Å². The van der Waals surface area contributed by atoms with Crippen LogP contribution in [0.15, 0.2) is 48.5 Å². The number of piperazine rings is 1. The van der Waals surface area contributed by atoms with Crippen LogP contribution in [0.1, 0.15) is 31.0 Å². The molecular weight excluding hydrogens is 443 g/mol. The van der Waals surface area contributed by atoms with Gasteiger partial charge in [0.05, 0.1) is 16.3 Å². The molecule has 9 heteroatoms. The molecule has 2 aromatic carbocycles. The summed E-state index contributed by atoms with van der Waals surface area (Å²) in [5.74, 6) is -0.542. The second-order valence-electron chi connectivity index (χ2n) is 8.01. The van der Waals surface area contributed by atoms with Gasteiger partial charge in [0.2, 0.25) is 11.8 Å². The van der Waals surface area contributed by atoms with E-state index in [0.29, 0.717) is 31.7 Å². The van der Waals surface area contributed by atoms with Gasteiger partial charge in [-0.1, -0.05) is 55.8 Å². The van der Waals surface area contributed by atoms with Crippen molar-refractivity contribution in [3.63, 3.8) is 0 Å². The second kappa shape index (κ2) is 9.92. The minimum Gasteiger partial charge on any atom is -0.340 e. The summed E-state index contributed by atoms with van der Waals surface area (Å²) < 4.78 is 39.3. The maximum atomic E-state index is 13.3. The summed E-state index contributed by atoms with van der Waals surface area (Å²) in [6.07, 6.45) is -4.55. The Kier molecular flexibility index (Phi) is 7.46. The molecule has 0 aliphatic carbocycles. The van der Waals surface area contributed by atoms with Crippen LogP contribution in [0.2, 0.25) is 5.02 Å². The summed E-state index contributed by atoms with van der Waals surface area (Å²) in [4.78, 5) is 29.3. The van der Waals surface area contributed by atoms with Gasteiger partial charge in [-0.05, 0) is 23.8 Å². The van der Waals surface area contributed by atoms with Crippen molar-refractivity contribution in [2.45, 2.75) is 26.1 Å². The minimum atomic E-state index is -4.55. The zero-order chi connectivity index (χ0) is 23.5. The topological polar surface area (TPSA) is 52.7 Å². The van der Waals surface area contributed by atoms with Gasteiger partial charge in [-0.3, -0.25) is 14.5 Å². The van der Waals surface area contributed by atoms with Gasteiger partial charge < -0.3 is 10.2 Å². The Morgan fingerprint density at radius 3 is 2.19 bits per heavy atom. The van der Waals surface area contributed by atoms with Crippen molar-refractivity contribution in [1.29, 1.82) is 0 Å². The number of hydrogen-bond donors (Lipinski definition) is 1. The van der Waals surface area contributed by atoms with Crippen LogP contribution in [0.5, 0.6) is 0 Å². The van der Waals surface area contributed by atoms with E-state index in [2.05, 4.69) is 5.32 Å². The van der Waals surface area contributed by atoms with Crippen molar-refractivity contribution in [3.8, 4) is 0 Å². The molecule has 1 saturated heterocycles. The first-order chi connectivity index (χ1) is 15.1. The molecule has 2 amide bonds. The smallest absolute Gasteiger partial charge is 0.340 e. The fraction of sp³-hybridized carbons (Fsp3) is 0.391. The lowest BCUT2D eigenvalue weighted by atomic mass is 10.0. The standard InChI is InChI=1S/C23H25ClF3N3O2/c1-15(2)22(32)30-12-10-29(11-13-30)20(16-6-4-3-5-7-16)21(31)28-19-14-17(23(25,26)27)8-9-18(19)24/h3-9,14-15,20H,10-13H2,1-2H3,(H,28,31)/t20-/m0/s1. The number of nitrogens with one attached hydrogen (secondary N) is 1. The van der Waals surface area contributed by atoms with E-state index in [1.165, 1.54) is 0 Å². The Balaban J connectivity index is 1.83. The highest BCUT2D eigenvalue weighted by molar-refractivity contribution is 6.33. The number of carbonyl (C=O) groups excluding carboxylic acids is 2. The van der Waals surface area contributed by atoms with E-state index in [9.17, 15) is 22.8 Å². The summed E-state index contributed by atoms with van der Waals surface area (Å²) in [7, 11) is 0. The lowest BCUT2D eigenvalue weighted by molar-refractivity contribution is -0.138. The zero-order valence-electron chi connectivity index (χ0n) is 17.8. The molecule has 2 aromatic rings. The lowest BCUT2D eigenvalue weighted by Gasteiger charge is -2.39. The molecule has 0 unspecified atom stereocenters. The number of hydrogen-bond acceptors (Lipinski definition) is 3. The number of anilines is 1. The number of nitrogens with zero attached hydrogens (tertiary/aromatic N) is 2. The third-order valence-corrected chi connectivity index (χ3v) is 5.73. The van der Waals surface area contributed by atoms with Crippen molar-refractivity contribution in [1.82, 2.24) is 9.80 Å². The van der Waals surface area contributed by atoms with E-state index in [-0.39, 0.29) is 22.5 Å². The second-order valence-corrected chi connectivity index (χ2v) is 8.42. The van der Waals surface area contributed by atoms with Crippen LogP contribution in [0.3, 0.4) is 0 Å². The predicted molar refractivity (Wildman–Crippen MR) is 117 cm³/mol. The Labute approximate surface area is 190 Å². The lowest BCUT2D eigenvalue weighted by Crippen LogP contribution is -2.52. The molecule has 172 valence electrons. The van der Waals surface area contributed by atoms with Crippen LogP contribution in [0.4, 0.5) is 18.9 Å². The average molecular weight is 468 g/mol. The molecule has 1 heterocycles. The molecule has 32 heavy (non-hydrogen) atoms. The van der Waals surface area contributed by atoms with Crippen molar-refractivity contribution in [2.75, 3.05) is 31.5 Å². The average Bonchev–Trinajstić information content (AvgIpc) is 2.75. The van der Waals surface area contributed by atoms with Gasteiger partial charge in [0.1, 0.15) is 6.04 Å². The summed E-state index contributed by atoms with van der Waals surface area (Å²) in [5.41, 5.74) is -0.285. The molecule has 1 aliphatic heterocycles. The highest BCUT2D eigenvalue weighted by Crippen LogP contribution is 2.34. The summed E-state index contributed by atoms with van der Waals surface area (Å²) >= 11 is 6.07. The van der Waals surface area contributed by atoms with Crippen LogP contribution >= 0.6 is 11.6 Å². The fourth-order valence-electron chi connectivity index (χ4n) is 3.73. The van der Waals surface area contributed by atoms with E-state index in [1.807, 2.05) is 24.8 Å². The fourth-order valence-corrected chi connectivity index (χ4v) is 3.89. The molecule has 0 saturated carbocycles. The molecule has 0 bridgehead atoms. The van der Waals surface area contributed by atoms with Gasteiger partial charge in [0, 0.05) is 32.1 Å². The van der Waals surface area contributed by atoms with Crippen LogP contribution in [-0.2, 0) is 15.8 Å². The third kappa shape index (κ3) is 5.61. The molecule has 1 atom stereocenters. The van der Waals surface area contributed by atoms with E-state index in [1.54, 1.807) is 29.2 Å². The molecule has 1 fully saturated rings. The molecule has 1 aliphatic rings. The Morgan fingerprint density at radius 1 is 1.00 bits per heavy atom. The first kappa shape index (κ1) is 24.1. The Morgan fingerprint density at radius 2 is 1.62 bits per heavy atom. The van der Waals surface area contributed by atoms with E-state index < -0.39 is 23.7 Å². The SMILES string of the molecule is CC(C)C(=O)N1CCN([C@H](C(=O)Nc2cc(C(F)(F)F)ccc2Cl)c2ccccc2)CC1. The summed E-state index contributed by atoms with van der Waals surface area (Å²) in [5, 5.41) is 2.60. The van der Waals surface area contributed by atoms with Crippen LogP contribution in [0.25, 0.3) is 0 Å². The number of carbonyl (C=O) groups is 2. The molecule has 3 rings (SSSR count). The minimum absolute atomic E-state index is 0.0190. The number of amides is 2. The largest absolute Gasteiger partial charge is 0.416 e. The zero-order valence-corrected chi connectivity index (χ0v) is 18.6. The molecule has 0 radical (unpaired) electrons. The quantitative estimate of drug-likeness (QED) is 0.684. The summed E-state index contributed by atoms with van der Waals surface area (Å²) in [6.45, 7) is 5.54. The Bertz CT molecular complexity index is 959. The van der Waals surface area contributed by atoms with Crippen molar-refractivity contribution >= 4 is 29.1 Å². The first-order valence-corrected chi connectivity index (χ1v) is 10.7. The van der Waals surface area contributed by atoms with Crippen molar-refractivity contribution < 1.29 is 22.8 Å². The number of benzene rings is 2. The van der Waals surface area contributed by atoms with Crippen LogP contribution in [0, 0.1) is 5.92 Å². The van der Waals surface area contributed by atoms with Crippen LogP contribution in [-0.4, -0.2) is 47.8 Å². The van der Waals surface area contributed by atoms with Gasteiger partial charge in [-0.2, -0.15) is 13.2 Å². The molecule has 5 nitrogen and oxygen atoms in total. The normalized spacial score (nSPS) is 16.2. The Hall–Kier alpha value is -2.58. The molecule has 0 aromatic heterocycles. The highest BCUT2D eigenvalue weighted by atomic mass is 35.5. The maximum Gasteiger partial charge on any atom is 0.416 e. The number of rotatable bonds is 5. The predicted octanol–water partition coefficient (Wildman–Crippen LogP) is 4.84. The molecule has 1 N–H and O–H groups in total. The number of halogens is 4. The van der Waals surface area contributed by atoms with Gasteiger partial charge in [-0.15, -0.1) is 0 Å². The summed E-state index contributed by atoms with van der Waals surface area (Å²) in [6, 6.07) is 11.1. The van der Waals surface area contributed by atoms with E-state index in [4.69, 9.17) is 11.6 Å². The van der Waals surface area contributed by atoms with E-state index >= 15 is 0 Å². The monoisotopic (exact) mass is 467 g/mol. The third-order valence-electron chi connectivity index (χ3n) is 5.40. The van der Waals surface area contributed by atoms with Crippen LogP contribution < -0.4 is 5.32 Å². The molecular formula is C23H25ClF3N3O2. The molecule has 0 spiro atoms. The van der Waals surface area contributed by atoms with Crippen molar-refractivity contribution in [2.24, 2.45) is 5.92 Å². The first-order valence-electron chi connectivity index (χ1n) is 10.3.